The molecule has 0 unspecified atom stereocenters. The summed E-state index contributed by atoms with van der Waals surface area (Å²) in [5.74, 6) is 0. The molecule has 0 amide bonds. The SMILES string of the molecule is Cc1cc(C)c(/C(=C2\C=C(Br)C(c3cccs3)=N2)c2cc(Br)c(-c3cccs3)[nH]2)c(C)c1. The van der Waals surface area contributed by atoms with Gasteiger partial charge in [-0.15, -0.1) is 22.7 Å². The molecule has 4 heterocycles. The molecule has 0 aliphatic carbocycles. The van der Waals surface area contributed by atoms with Crippen LogP contribution < -0.4 is 0 Å². The van der Waals surface area contributed by atoms with Crippen LogP contribution in [-0.4, -0.2) is 10.7 Å². The first-order valence-electron chi connectivity index (χ1n) is 10.2. The molecule has 0 saturated carbocycles. The third-order valence-corrected chi connectivity index (χ3v) is 8.46. The highest BCUT2D eigenvalue weighted by Crippen LogP contribution is 2.41. The summed E-state index contributed by atoms with van der Waals surface area (Å²) in [6.45, 7) is 6.52. The Morgan fingerprint density at radius 2 is 1.56 bits per heavy atom. The fourth-order valence-corrected chi connectivity index (χ4v) is 7.04. The highest BCUT2D eigenvalue weighted by atomic mass is 79.9. The minimum atomic E-state index is 0.960. The van der Waals surface area contributed by atoms with Gasteiger partial charge in [0.1, 0.15) is 0 Å². The van der Waals surface area contributed by atoms with E-state index in [4.69, 9.17) is 4.99 Å². The molecule has 4 aromatic rings. The Morgan fingerprint density at radius 3 is 2.19 bits per heavy atom. The van der Waals surface area contributed by atoms with Crippen molar-refractivity contribution in [1.29, 1.82) is 0 Å². The number of halogens is 2. The van der Waals surface area contributed by atoms with Crippen LogP contribution in [0.2, 0.25) is 0 Å². The Labute approximate surface area is 212 Å². The highest BCUT2D eigenvalue weighted by molar-refractivity contribution is 9.12. The lowest BCUT2D eigenvalue weighted by atomic mass is 9.91. The van der Waals surface area contributed by atoms with Gasteiger partial charge in [0.2, 0.25) is 0 Å². The van der Waals surface area contributed by atoms with Gasteiger partial charge in [0.15, 0.2) is 0 Å². The molecule has 5 rings (SSSR count). The van der Waals surface area contributed by atoms with Gasteiger partial charge in [-0.3, -0.25) is 0 Å². The number of thiophene rings is 2. The van der Waals surface area contributed by atoms with Crippen LogP contribution in [0.15, 0.2) is 78.9 Å². The molecular formula is C26H20Br2N2S2. The number of nitrogens with one attached hydrogen (secondary N) is 1. The molecule has 1 aromatic carbocycles. The number of nitrogens with zero attached hydrogens (tertiary/aromatic N) is 1. The summed E-state index contributed by atoms with van der Waals surface area (Å²) in [4.78, 5) is 11.2. The Morgan fingerprint density at radius 1 is 0.906 bits per heavy atom. The molecule has 0 radical (unpaired) electrons. The maximum absolute atomic E-state index is 5.11. The average molecular weight is 584 g/mol. The number of aliphatic imine (C=N–C) groups is 1. The van der Waals surface area contributed by atoms with Gasteiger partial charge in [0.25, 0.3) is 0 Å². The molecule has 160 valence electrons. The third kappa shape index (κ3) is 3.94. The van der Waals surface area contributed by atoms with E-state index in [0.717, 1.165) is 42.2 Å². The number of hydrogen-bond donors (Lipinski definition) is 1. The molecule has 0 spiro atoms. The first kappa shape index (κ1) is 21.8. The topological polar surface area (TPSA) is 28.1 Å². The summed E-state index contributed by atoms with van der Waals surface area (Å²) in [7, 11) is 0. The summed E-state index contributed by atoms with van der Waals surface area (Å²) >= 11 is 11.0. The van der Waals surface area contributed by atoms with Crippen molar-refractivity contribution in [3.63, 3.8) is 0 Å². The Balaban J connectivity index is 1.78. The van der Waals surface area contributed by atoms with Crippen molar-refractivity contribution in [1.82, 2.24) is 4.98 Å². The quantitative estimate of drug-likeness (QED) is 0.248. The van der Waals surface area contributed by atoms with Crippen LogP contribution in [-0.2, 0) is 0 Å². The molecule has 6 heteroatoms. The van der Waals surface area contributed by atoms with Crippen LogP contribution in [0.3, 0.4) is 0 Å². The van der Waals surface area contributed by atoms with E-state index in [9.17, 15) is 0 Å². The van der Waals surface area contributed by atoms with Crippen molar-refractivity contribution < 1.29 is 0 Å². The second-order valence-electron chi connectivity index (χ2n) is 7.85. The summed E-state index contributed by atoms with van der Waals surface area (Å²) in [6, 6.07) is 15.1. The number of aromatic nitrogens is 1. The van der Waals surface area contributed by atoms with E-state index in [1.165, 1.54) is 27.1 Å². The predicted octanol–water partition coefficient (Wildman–Crippen LogP) is 9.03. The number of aryl methyl sites for hydroxylation is 3. The molecular weight excluding hydrogens is 564 g/mol. The molecule has 1 N–H and O–H groups in total. The molecule has 2 nitrogen and oxygen atoms in total. The van der Waals surface area contributed by atoms with Gasteiger partial charge in [-0.25, -0.2) is 4.99 Å². The lowest BCUT2D eigenvalue weighted by Crippen LogP contribution is -1.99. The summed E-state index contributed by atoms with van der Waals surface area (Å²) in [5, 5.41) is 4.19. The lowest BCUT2D eigenvalue weighted by molar-refractivity contribution is 1.25. The van der Waals surface area contributed by atoms with Gasteiger partial charge >= 0.3 is 0 Å². The number of benzene rings is 1. The normalized spacial score (nSPS) is 15.2. The van der Waals surface area contributed by atoms with Gasteiger partial charge in [-0.05, 0) is 104 Å². The minimum Gasteiger partial charge on any atom is -0.353 e. The maximum atomic E-state index is 5.11. The second-order valence-corrected chi connectivity index (χ2v) is 11.5. The Hall–Kier alpha value is -1.99. The zero-order valence-corrected chi connectivity index (χ0v) is 22.6. The van der Waals surface area contributed by atoms with E-state index in [0.29, 0.717) is 0 Å². The predicted molar refractivity (Wildman–Crippen MR) is 146 cm³/mol. The lowest BCUT2D eigenvalue weighted by Gasteiger charge is -2.16. The molecule has 0 bridgehead atoms. The molecule has 0 atom stereocenters. The molecule has 1 aliphatic heterocycles. The summed E-state index contributed by atoms with van der Waals surface area (Å²) < 4.78 is 2.07. The standard InChI is InChI=1S/C26H20Br2N2S2/c1-14-10-15(2)23(16(3)11-14)24(19-12-17(27)25(29-19)21-6-4-8-31-21)20-13-18(28)26(30-20)22-7-5-9-32-22/h4-13,29H,1-3H3/b24-20+. The monoisotopic (exact) mass is 582 g/mol. The van der Waals surface area contributed by atoms with Crippen LogP contribution in [0.5, 0.6) is 0 Å². The first-order valence-corrected chi connectivity index (χ1v) is 13.5. The number of allylic oxidation sites excluding steroid dienone is 2. The van der Waals surface area contributed by atoms with E-state index in [1.54, 1.807) is 22.7 Å². The number of aromatic amines is 1. The zero-order valence-electron chi connectivity index (χ0n) is 17.8. The third-order valence-electron chi connectivity index (χ3n) is 5.47. The van der Waals surface area contributed by atoms with Crippen molar-refractivity contribution in [3.05, 3.63) is 107 Å². The number of hydrogen-bond acceptors (Lipinski definition) is 3. The second kappa shape index (κ2) is 8.75. The highest BCUT2D eigenvalue weighted by Gasteiger charge is 2.24. The van der Waals surface area contributed by atoms with Crippen LogP contribution in [0.4, 0.5) is 0 Å². The van der Waals surface area contributed by atoms with Gasteiger partial charge in [-0.2, -0.15) is 0 Å². The van der Waals surface area contributed by atoms with Gasteiger partial charge in [0, 0.05) is 20.2 Å². The summed E-state index contributed by atoms with van der Waals surface area (Å²) in [5.41, 5.74) is 10.2. The number of rotatable bonds is 4. The largest absolute Gasteiger partial charge is 0.353 e. The molecule has 32 heavy (non-hydrogen) atoms. The van der Waals surface area contributed by atoms with E-state index in [2.05, 4.69) is 117 Å². The van der Waals surface area contributed by atoms with E-state index in [1.807, 2.05) is 0 Å². The van der Waals surface area contributed by atoms with Crippen LogP contribution >= 0.6 is 54.5 Å². The number of H-pyrrole nitrogens is 1. The van der Waals surface area contributed by atoms with Gasteiger partial charge in [0.05, 0.1) is 26.9 Å². The van der Waals surface area contributed by atoms with E-state index >= 15 is 0 Å². The molecule has 0 fully saturated rings. The van der Waals surface area contributed by atoms with Crippen LogP contribution in [0.25, 0.3) is 16.1 Å². The zero-order chi connectivity index (χ0) is 22.4. The van der Waals surface area contributed by atoms with Crippen molar-refractivity contribution in [2.45, 2.75) is 20.8 Å². The maximum Gasteiger partial charge on any atom is 0.0951 e. The fraction of sp³-hybridized carbons (Fsp3) is 0.115. The Bertz CT molecular complexity index is 1380. The smallest absolute Gasteiger partial charge is 0.0951 e. The molecule has 3 aromatic heterocycles. The average Bonchev–Trinajstić information content (AvgIpc) is 3.52. The Kier molecular flexibility index (Phi) is 5.97. The van der Waals surface area contributed by atoms with E-state index < -0.39 is 0 Å². The minimum absolute atomic E-state index is 0.960. The first-order chi connectivity index (χ1) is 15.4. The van der Waals surface area contributed by atoms with Crippen molar-refractivity contribution >= 4 is 65.8 Å². The van der Waals surface area contributed by atoms with Gasteiger partial charge < -0.3 is 4.98 Å². The summed E-state index contributed by atoms with van der Waals surface area (Å²) in [6.07, 6.45) is 2.14. The van der Waals surface area contributed by atoms with Crippen molar-refractivity contribution in [3.8, 4) is 10.6 Å². The van der Waals surface area contributed by atoms with Crippen molar-refractivity contribution in [2.24, 2.45) is 4.99 Å². The fourth-order valence-electron chi connectivity index (χ4n) is 4.25. The van der Waals surface area contributed by atoms with Crippen LogP contribution in [0, 0.1) is 20.8 Å². The van der Waals surface area contributed by atoms with Crippen molar-refractivity contribution in [2.75, 3.05) is 0 Å². The van der Waals surface area contributed by atoms with E-state index in [-0.39, 0.29) is 0 Å². The molecule has 1 aliphatic rings. The molecule has 0 saturated heterocycles. The van der Waals surface area contributed by atoms with Gasteiger partial charge in [-0.1, -0.05) is 29.8 Å². The van der Waals surface area contributed by atoms with Crippen LogP contribution in [0.1, 0.15) is 32.8 Å².